The summed E-state index contributed by atoms with van der Waals surface area (Å²) in [5, 5.41) is 6.21. The van der Waals surface area contributed by atoms with E-state index in [1.165, 1.54) is 0 Å². The van der Waals surface area contributed by atoms with Gasteiger partial charge in [0.2, 0.25) is 5.91 Å². The average molecular weight is 250 g/mol. The number of hydrogen-bond acceptors (Lipinski definition) is 3. The highest BCUT2D eigenvalue weighted by Crippen LogP contribution is 2.09. The lowest BCUT2D eigenvalue weighted by Gasteiger charge is -2.24. The van der Waals surface area contributed by atoms with Crippen LogP contribution in [-0.2, 0) is 4.79 Å². The van der Waals surface area contributed by atoms with Crippen LogP contribution in [0.4, 0.5) is 0 Å². The van der Waals surface area contributed by atoms with E-state index in [9.17, 15) is 4.79 Å². The Morgan fingerprint density at radius 1 is 1.41 bits per heavy atom. The molecule has 1 fully saturated rings. The fourth-order valence-corrected chi connectivity index (χ4v) is 1.91. The maximum atomic E-state index is 11.0. The molecule has 90 valence electrons. The summed E-state index contributed by atoms with van der Waals surface area (Å²) in [5.41, 5.74) is 0. The number of carbonyl (C=O) groups is 1. The molecule has 1 atom stereocenters. The minimum absolute atomic E-state index is 0.0953. The fraction of sp³-hybridized carbons (Fsp3) is 0.333. The topological polar surface area (TPSA) is 50.4 Å². The second kappa shape index (κ2) is 5.63. The number of para-hydroxylation sites is 1. The molecule has 0 saturated carbocycles. The molecule has 1 unspecified atom stereocenters. The first-order valence-electron chi connectivity index (χ1n) is 5.54. The van der Waals surface area contributed by atoms with E-state index >= 15 is 0 Å². The third kappa shape index (κ3) is 3.71. The van der Waals surface area contributed by atoms with E-state index in [4.69, 9.17) is 17.0 Å². The Labute approximate surface area is 105 Å². The standard InChI is InChI=1S/C12H14N2O2S/c15-11-7-6-9(8-13-11)14-12(17)16-10-4-2-1-3-5-10/h1-5,9H,6-8H2,(H,13,15)(H,14,17). The summed E-state index contributed by atoms with van der Waals surface area (Å²) in [6.45, 7) is 0.594. The van der Waals surface area contributed by atoms with Crippen LogP contribution in [0, 0.1) is 0 Å². The number of rotatable bonds is 2. The summed E-state index contributed by atoms with van der Waals surface area (Å²) in [4.78, 5) is 11.0. The van der Waals surface area contributed by atoms with Crippen molar-refractivity contribution in [2.75, 3.05) is 6.54 Å². The zero-order valence-corrected chi connectivity index (χ0v) is 10.1. The Morgan fingerprint density at radius 3 is 2.82 bits per heavy atom. The third-order valence-electron chi connectivity index (χ3n) is 2.54. The van der Waals surface area contributed by atoms with Crippen molar-refractivity contribution >= 4 is 23.3 Å². The minimum Gasteiger partial charge on any atom is -0.432 e. The van der Waals surface area contributed by atoms with Gasteiger partial charge in [0.1, 0.15) is 5.75 Å². The Bertz CT molecular complexity index is 398. The summed E-state index contributed by atoms with van der Waals surface area (Å²) >= 11 is 5.10. The molecule has 1 aliphatic rings. The monoisotopic (exact) mass is 250 g/mol. The van der Waals surface area contributed by atoms with E-state index in [0.717, 1.165) is 6.42 Å². The fourth-order valence-electron chi connectivity index (χ4n) is 1.65. The van der Waals surface area contributed by atoms with E-state index < -0.39 is 0 Å². The zero-order chi connectivity index (χ0) is 12.1. The van der Waals surface area contributed by atoms with Crippen LogP contribution in [0.1, 0.15) is 12.8 Å². The van der Waals surface area contributed by atoms with Gasteiger partial charge >= 0.3 is 0 Å². The van der Waals surface area contributed by atoms with E-state index in [1.807, 2.05) is 30.3 Å². The molecule has 0 bridgehead atoms. The summed E-state index contributed by atoms with van der Waals surface area (Å²) in [5.74, 6) is 0.808. The van der Waals surface area contributed by atoms with Crippen molar-refractivity contribution in [2.24, 2.45) is 0 Å². The highest BCUT2D eigenvalue weighted by molar-refractivity contribution is 7.80. The summed E-state index contributed by atoms with van der Waals surface area (Å²) in [7, 11) is 0. The molecule has 0 aromatic heterocycles. The van der Waals surface area contributed by atoms with E-state index in [-0.39, 0.29) is 11.9 Å². The highest BCUT2D eigenvalue weighted by atomic mass is 32.1. The van der Waals surface area contributed by atoms with Crippen molar-refractivity contribution in [3.05, 3.63) is 30.3 Å². The average Bonchev–Trinajstić information content (AvgIpc) is 2.33. The lowest BCUT2D eigenvalue weighted by Crippen LogP contribution is -2.48. The maximum absolute atomic E-state index is 11.0. The third-order valence-corrected chi connectivity index (χ3v) is 2.74. The van der Waals surface area contributed by atoms with Crippen LogP contribution in [-0.4, -0.2) is 23.7 Å². The number of carbonyl (C=O) groups excluding carboxylic acids is 1. The summed E-state index contributed by atoms with van der Waals surface area (Å²) in [6, 6.07) is 9.54. The van der Waals surface area contributed by atoms with Gasteiger partial charge in [0.05, 0.1) is 0 Å². The van der Waals surface area contributed by atoms with E-state index in [2.05, 4.69) is 10.6 Å². The molecule has 1 aliphatic heterocycles. The Morgan fingerprint density at radius 2 is 2.18 bits per heavy atom. The van der Waals surface area contributed by atoms with Crippen LogP contribution < -0.4 is 15.4 Å². The number of nitrogens with one attached hydrogen (secondary N) is 2. The van der Waals surface area contributed by atoms with Crippen LogP contribution >= 0.6 is 12.2 Å². The first-order chi connectivity index (χ1) is 8.24. The van der Waals surface area contributed by atoms with Crippen LogP contribution in [0.2, 0.25) is 0 Å². The normalized spacial score (nSPS) is 19.3. The molecular formula is C12H14N2O2S. The molecule has 1 saturated heterocycles. The lowest BCUT2D eigenvalue weighted by molar-refractivity contribution is -0.122. The number of ether oxygens (including phenoxy) is 1. The Hall–Kier alpha value is -1.62. The van der Waals surface area contributed by atoms with Gasteiger partial charge in [-0.1, -0.05) is 18.2 Å². The molecule has 0 spiro atoms. The SMILES string of the molecule is O=C1CCC(NC(=S)Oc2ccccc2)CN1. The summed E-state index contributed by atoms with van der Waals surface area (Å²) in [6.07, 6.45) is 1.32. The second-order valence-corrected chi connectivity index (χ2v) is 4.26. The van der Waals surface area contributed by atoms with Crippen molar-refractivity contribution in [3.8, 4) is 5.75 Å². The molecule has 0 radical (unpaired) electrons. The molecule has 17 heavy (non-hydrogen) atoms. The predicted molar refractivity (Wildman–Crippen MR) is 68.8 cm³/mol. The second-order valence-electron chi connectivity index (χ2n) is 3.89. The van der Waals surface area contributed by atoms with E-state index in [1.54, 1.807) is 0 Å². The molecule has 1 amide bonds. The number of thiocarbonyl (C=S) groups is 1. The number of amides is 1. The maximum Gasteiger partial charge on any atom is 0.262 e. The smallest absolute Gasteiger partial charge is 0.262 e. The van der Waals surface area contributed by atoms with Gasteiger partial charge in [-0.25, -0.2) is 0 Å². The first-order valence-corrected chi connectivity index (χ1v) is 5.95. The number of hydrogen-bond donors (Lipinski definition) is 2. The Kier molecular flexibility index (Phi) is 3.93. The number of benzene rings is 1. The van der Waals surface area contributed by atoms with Crippen molar-refractivity contribution in [2.45, 2.75) is 18.9 Å². The first kappa shape index (κ1) is 11.9. The van der Waals surface area contributed by atoms with Gasteiger partial charge in [0, 0.05) is 19.0 Å². The van der Waals surface area contributed by atoms with Crippen LogP contribution in [0.15, 0.2) is 30.3 Å². The van der Waals surface area contributed by atoms with Gasteiger partial charge in [0.25, 0.3) is 5.17 Å². The molecule has 5 heteroatoms. The van der Waals surface area contributed by atoms with Crippen molar-refractivity contribution in [1.82, 2.24) is 10.6 Å². The van der Waals surface area contributed by atoms with Crippen molar-refractivity contribution in [3.63, 3.8) is 0 Å². The quantitative estimate of drug-likeness (QED) is 0.775. The van der Waals surface area contributed by atoms with Gasteiger partial charge in [-0.3, -0.25) is 4.79 Å². The van der Waals surface area contributed by atoms with Gasteiger partial charge in [0.15, 0.2) is 0 Å². The molecule has 4 nitrogen and oxygen atoms in total. The van der Waals surface area contributed by atoms with E-state index in [0.29, 0.717) is 23.9 Å². The lowest BCUT2D eigenvalue weighted by atomic mass is 10.1. The van der Waals surface area contributed by atoms with Crippen molar-refractivity contribution < 1.29 is 9.53 Å². The largest absolute Gasteiger partial charge is 0.432 e. The van der Waals surface area contributed by atoms with Crippen LogP contribution in [0.5, 0.6) is 5.75 Å². The predicted octanol–water partition coefficient (Wildman–Crippen LogP) is 1.22. The molecule has 2 rings (SSSR count). The molecular weight excluding hydrogens is 236 g/mol. The summed E-state index contributed by atoms with van der Waals surface area (Å²) < 4.78 is 5.45. The minimum atomic E-state index is 0.0953. The molecule has 1 aromatic carbocycles. The Balaban J connectivity index is 1.80. The van der Waals surface area contributed by atoms with Crippen LogP contribution in [0.25, 0.3) is 0 Å². The molecule has 1 aromatic rings. The molecule has 0 aliphatic carbocycles. The number of piperidine rings is 1. The van der Waals surface area contributed by atoms with Gasteiger partial charge in [-0.15, -0.1) is 0 Å². The zero-order valence-electron chi connectivity index (χ0n) is 9.31. The van der Waals surface area contributed by atoms with Gasteiger partial charge in [-0.05, 0) is 30.8 Å². The molecule has 1 heterocycles. The van der Waals surface area contributed by atoms with Crippen LogP contribution in [0.3, 0.4) is 0 Å². The van der Waals surface area contributed by atoms with Crippen molar-refractivity contribution in [1.29, 1.82) is 0 Å². The highest BCUT2D eigenvalue weighted by Gasteiger charge is 2.18. The molecule has 2 N–H and O–H groups in total. The van der Waals surface area contributed by atoms with Gasteiger partial charge in [-0.2, -0.15) is 0 Å². The van der Waals surface area contributed by atoms with Gasteiger partial charge < -0.3 is 15.4 Å².